The van der Waals surface area contributed by atoms with Crippen LogP contribution in [0.5, 0.6) is 28.7 Å². The van der Waals surface area contributed by atoms with Crippen LogP contribution in [0.4, 0.5) is 0 Å². The fraction of sp³-hybridized carbons (Fsp3) is 0.259. The van der Waals surface area contributed by atoms with Gasteiger partial charge < -0.3 is 50.0 Å². The Morgan fingerprint density at radius 3 is 1.97 bits per heavy atom. The van der Waals surface area contributed by atoms with E-state index in [1.165, 1.54) is 55.6 Å². The molecule has 1 heterocycles. The van der Waals surface area contributed by atoms with Crippen molar-refractivity contribution < 1.29 is 59.5 Å². The van der Waals surface area contributed by atoms with Crippen molar-refractivity contribution in [3.05, 3.63) is 76.9 Å². The second-order valence-corrected chi connectivity index (χ2v) is 8.79. The third-order valence-corrected chi connectivity index (χ3v) is 6.36. The van der Waals surface area contributed by atoms with Crippen molar-refractivity contribution in [2.24, 2.45) is 0 Å². The first-order valence-corrected chi connectivity index (χ1v) is 11.7. The molecule has 0 aliphatic carbocycles. The molecule has 3 aromatic rings. The van der Waals surface area contributed by atoms with Gasteiger partial charge in [-0.2, -0.15) is 0 Å². The zero-order valence-electron chi connectivity index (χ0n) is 20.5. The Balaban J connectivity index is 1.82. The smallest absolute Gasteiger partial charge is 0.338 e. The lowest BCUT2D eigenvalue weighted by Crippen LogP contribution is -2.56. The Hall–Kier alpha value is -4.36. The number of esters is 1. The first kappa shape index (κ1) is 27.7. The Labute approximate surface area is 221 Å². The monoisotopic (exact) mass is 542 g/mol. The number of benzene rings is 3. The fourth-order valence-electron chi connectivity index (χ4n) is 4.32. The molecule has 0 aromatic heterocycles. The molecule has 0 radical (unpaired) electrons. The van der Waals surface area contributed by atoms with Gasteiger partial charge in [0.15, 0.2) is 6.10 Å². The summed E-state index contributed by atoms with van der Waals surface area (Å²) in [6, 6.07) is 11.0. The minimum atomic E-state index is -1.84. The van der Waals surface area contributed by atoms with Crippen LogP contribution in [-0.2, 0) is 9.47 Å². The Morgan fingerprint density at radius 2 is 1.44 bits per heavy atom. The van der Waals surface area contributed by atoms with E-state index in [0.717, 1.165) is 6.07 Å². The molecule has 0 saturated carbocycles. The summed E-state index contributed by atoms with van der Waals surface area (Å²) in [6.07, 6.45) is -8.26. The quantitative estimate of drug-likeness (QED) is 0.166. The van der Waals surface area contributed by atoms with E-state index in [9.17, 15) is 45.3 Å². The summed E-state index contributed by atoms with van der Waals surface area (Å²) in [7, 11) is 1.19. The molecule has 1 saturated heterocycles. The van der Waals surface area contributed by atoms with Crippen molar-refractivity contribution in [2.75, 3.05) is 13.7 Å². The summed E-state index contributed by atoms with van der Waals surface area (Å²) in [4.78, 5) is 26.1. The summed E-state index contributed by atoms with van der Waals surface area (Å²) in [5.41, 5.74) is -0.920. The number of methoxy groups -OCH3 is 1. The van der Waals surface area contributed by atoms with Crippen molar-refractivity contribution >= 4 is 11.8 Å². The number of ketones is 1. The van der Waals surface area contributed by atoms with Gasteiger partial charge in [-0.3, -0.25) is 4.79 Å². The number of aliphatic hydroxyl groups is 3. The Bertz CT molecular complexity index is 1350. The molecule has 1 fully saturated rings. The lowest BCUT2D eigenvalue weighted by Gasteiger charge is -2.42. The number of aromatic hydroxyl groups is 4. The molecule has 39 heavy (non-hydrogen) atoms. The maximum absolute atomic E-state index is 13.2. The Kier molecular flexibility index (Phi) is 7.93. The van der Waals surface area contributed by atoms with Gasteiger partial charge in [-0.25, -0.2) is 4.79 Å². The number of phenolic OH excluding ortho intramolecular Hbond substituents is 4. The first-order valence-electron chi connectivity index (χ1n) is 11.7. The highest BCUT2D eigenvalue weighted by atomic mass is 16.6. The molecule has 5 unspecified atom stereocenters. The highest BCUT2D eigenvalue weighted by molar-refractivity contribution is 6.13. The van der Waals surface area contributed by atoms with Gasteiger partial charge >= 0.3 is 5.97 Å². The van der Waals surface area contributed by atoms with E-state index in [0.29, 0.717) is 0 Å². The highest BCUT2D eigenvalue weighted by Gasteiger charge is 2.49. The SMILES string of the molecule is COc1cc(O)c(C(=O)c2ccc(O)cc2)c(O)c1C1OC(CO)C(O)C(O)C1OC(=O)c1ccc(O)cc1. The van der Waals surface area contributed by atoms with Gasteiger partial charge in [0.1, 0.15) is 58.7 Å². The molecule has 0 spiro atoms. The van der Waals surface area contributed by atoms with Crippen molar-refractivity contribution in [2.45, 2.75) is 30.5 Å². The summed E-state index contributed by atoms with van der Waals surface area (Å²) in [6.45, 7) is -0.770. The van der Waals surface area contributed by atoms with Gasteiger partial charge in [0.05, 0.1) is 24.8 Å². The van der Waals surface area contributed by atoms with Gasteiger partial charge in [0.25, 0.3) is 0 Å². The van der Waals surface area contributed by atoms with Crippen LogP contribution in [0.2, 0.25) is 0 Å². The molecular formula is C27H26O12. The second-order valence-electron chi connectivity index (χ2n) is 8.79. The number of aliphatic hydroxyl groups excluding tert-OH is 3. The molecule has 5 atom stereocenters. The highest BCUT2D eigenvalue weighted by Crippen LogP contribution is 2.47. The largest absolute Gasteiger partial charge is 0.508 e. The number of carbonyl (C=O) groups excluding carboxylic acids is 2. The Morgan fingerprint density at radius 1 is 0.872 bits per heavy atom. The van der Waals surface area contributed by atoms with E-state index in [1.807, 2.05) is 0 Å². The van der Waals surface area contributed by atoms with Gasteiger partial charge in [0.2, 0.25) is 5.78 Å². The number of carbonyl (C=O) groups is 2. The number of rotatable bonds is 7. The maximum atomic E-state index is 13.2. The topological polar surface area (TPSA) is 203 Å². The minimum absolute atomic E-state index is 0.00178. The van der Waals surface area contributed by atoms with E-state index in [4.69, 9.17) is 14.2 Å². The zero-order chi connectivity index (χ0) is 28.4. The molecule has 4 rings (SSSR count). The van der Waals surface area contributed by atoms with Crippen LogP contribution < -0.4 is 4.74 Å². The zero-order valence-corrected chi connectivity index (χ0v) is 20.5. The molecule has 12 nitrogen and oxygen atoms in total. The average molecular weight is 542 g/mol. The number of hydrogen-bond acceptors (Lipinski definition) is 12. The average Bonchev–Trinajstić information content (AvgIpc) is 2.92. The molecular weight excluding hydrogens is 516 g/mol. The number of phenols is 4. The van der Waals surface area contributed by atoms with Gasteiger partial charge in [-0.15, -0.1) is 0 Å². The molecule has 12 heteroatoms. The second kappa shape index (κ2) is 11.2. The van der Waals surface area contributed by atoms with Crippen LogP contribution in [-0.4, -0.2) is 85.6 Å². The number of hydrogen-bond donors (Lipinski definition) is 7. The van der Waals surface area contributed by atoms with E-state index >= 15 is 0 Å². The summed E-state index contributed by atoms with van der Waals surface area (Å²) in [5.74, 6) is -3.78. The third kappa shape index (κ3) is 5.31. The standard InChI is InChI=1S/C27H26O12/c1-37-17-10-16(31)19(21(32)12-2-6-14(29)7-3-12)23(34)20(17)25-26(24(35)22(33)18(11-28)38-25)39-27(36)13-4-8-15(30)9-5-13/h2-10,18,22,24-26,28-31,33-35H,11H2,1H3. The molecule has 1 aliphatic heterocycles. The van der Waals surface area contributed by atoms with E-state index in [-0.39, 0.29) is 33.9 Å². The summed E-state index contributed by atoms with van der Waals surface area (Å²) in [5, 5.41) is 72.0. The van der Waals surface area contributed by atoms with Crippen molar-refractivity contribution in [1.82, 2.24) is 0 Å². The van der Waals surface area contributed by atoms with Crippen molar-refractivity contribution in [1.29, 1.82) is 0 Å². The maximum Gasteiger partial charge on any atom is 0.338 e. The van der Waals surface area contributed by atoms with E-state index in [2.05, 4.69) is 0 Å². The molecule has 7 N–H and O–H groups in total. The predicted molar refractivity (Wildman–Crippen MR) is 132 cm³/mol. The van der Waals surface area contributed by atoms with E-state index in [1.54, 1.807) is 0 Å². The van der Waals surface area contributed by atoms with Gasteiger partial charge in [-0.05, 0) is 48.5 Å². The van der Waals surface area contributed by atoms with Crippen LogP contribution in [0.1, 0.15) is 37.9 Å². The molecule has 0 amide bonds. The lowest BCUT2D eigenvalue weighted by atomic mass is 9.88. The normalized spacial score (nSPS) is 22.7. The van der Waals surface area contributed by atoms with Crippen LogP contribution in [0, 0.1) is 0 Å². The van der Waals surface area contributed by atoms with E-state index < -0.39 is 65.9 Å². The summed E-state index contributed by atoms with van der Waals surface area (Å²) >= 11 is 0. The first-order chi connectivity index (χ1) is 18.6. The van der Waals surface area contributed by atoms with Crippen molar-refractivity contribution in [3.8, 4) is 28.7 Å². The lowest BCUT2D eigenvalue weighted by molar-refractivity contribution is -0.232. The number of ether oxygens (including phenoxy) is 3. The predicted octanol–water partition coefficient (Wildman–Crippen LogP) is 1.13. The molecule has 3 aromatic carbocycles. The van der Waals surface area contributed by atoms with Gasteiger partial charge in [0, 0.05) is 11.6 Å². The minimum Gasteiger partial charge on any atom is -0.508 e. The van der Waals surface area contributed by atoms with Crippen LogP contribution in [0.25, 0.3) is 0 Å². The fourth-order valence-corrected chi connectivity index (χ4v) is 4.32. The molecule has 0 bridgehead atoms. The molecule has 1 aliphatic rings. The van der Waals surface area contributed by atoms with Crippen molar-refractivity contribution in [3.63, 3.8) is 0 Å². The van der Waals surface area contributed by atoms with Gasteiger partial charge in [-0.1, -0.05) is 0 Å². The third-order valence-electron chi connectivity index (χ3n) is 6.36. The summed E-state index contributed by atoms with van der Waals surface area (Å²) < 4.78 is 16.5. The van der Waals surface area contributed by atoms with Crippen LogP contribution in [0.15, 0.2) is 54.6 Å². The van der Waals surface area contributed by atoms with Crippen LogP contribution in [0.3, 0.4) is 0 Å². The molecule has 206 valence electrons. The van der Waals surface area contributed by atoms with Crippen LogP contribution >= 0.6 is 0 Å².